The number of rotatable bonds is 2. The summed E-state index contributed by atoms with van der Waals surface area (Å²) in [5.74, 6) is 0.110. The zero-order valence-corrected chi connectivity index (χ0v) is 12.0. The van der Waals surface area contributed by atoms with E-state index in [9.17, 15) is 9.59 Å². The topological polar surface area (TPSA) is 58.6 Å². The van der Waals surface area contributed by atoms with Gasteiger partial charge in [-0.3, -0.25) is 9.59 Å². The van der Waals surface area contributed by atoms with Crippen molar-refractivity contribution in [1.29, 1.82) is 0 Å². The second kappa shape index (κ2) is 5.85. The highest BCUT2D eigenvalue weighted by atomic mass is 16.5. The minimum atomic E-state index is -0.266. The summed E-state index contributed by atoms with van der Waals surface area (Å²) in [5.41, 5.74) is 0.779. The van der Waals surface area contributed by atoms with E-state index < -0.39 is 0 Å². The highest BCUT2D eigenvalue weighted by Gasteiger charge is 2.39. The normalized spacial score (nSPS) is 21.1. The second-order valence-corrected chi connectivity index (χ2v) is 5.79. The maximum absolute atomic E-state index is 12.3. The molecule has 2 heterocycles. The van der Waals surface area contributed by atoms with E-state index in [4.69, 9.17) is 4.74 Å². The SMILES string of the molecule is O=C1COC2(CCN(C(=O)Cc3ccccc3)CC2)CN1. The van der Waals surface area contributed by atoms with Crippen molar-refractivity contribution < 1.29 is 14.3 Å². The Morgan fingerprint density at radius 2 is 1.95 bits per heavy atom. The fourth-order valence-electron chi connectivity index (χ4n) is 2.95. The predicted molar refractivity (Wildman–Crippen MR) is 77.7 cm³/mol. The number of nitrogens with zero attached hydrogens (tertiary/aromatic N) is 1. The Balaban J connectivity index is 1.53. The van der Waals surface area contributed by atoms with Crippen LogP contribution in [0.1, 0.15) is 18.4 Å². The smallest absolute Gasteiger partial charge is 0.246 e. The van der Waals surface area contributed by atoms with Crippen LogP contribution in [0.2, 0.25) is 0 Å². The zero-order valence-electron chi connectivity index (χ0n) is 12.0. The van der Waals surface area contributed by atoms with Crippen molar-refractivity contribution in [2.45, 2.75) is 24.9 Å². The number of benzene rings is 1. The van der Waals surface area contributed by atoms with E-state index in [1.807, 2.05) is 35.2 Å². The van der Waals surface area contributed by atoms with Gasteiger partial charge in [-0.1, -0.05) is 30.3 Å². The molecule has 0 bridgehead atoms. The highest BCUT2D eigenvalue weighted by molar-refractivity contribution is 5.79. The molecule has 0 atom stereocenters. The van der Waals surface area contributed by atoms with E-state index in [0.29, 0.717) is 26.1 Å². The van der Waals surface area contributed by atoms with Gasteiger partial charge in [0.2, 0.25) is 11.8 Å². The molecule has 21 heavy (non-hydrogen) atoms. The van der Waals surface area contributed by atoms with Crippen molar-refractivity contribution >= 4 is 11.8 Å². The van der Waals surface area contributed by atoms with Crippen LogP contribution >= 0.6 is 0 Å². The van der Waals surface area contributed by atoms with Crippen LogP contribution in [-0.4, -0.2) is 48.6 Å². The lowest BCUT2D eigenvalue weighted by molar-refractivity contribution is -0.154. The predicted octanol–water partition coefficient (Wildman–Crippen LogP) is 0.737. The number of ether oxygens (including phenoxy) is 1. The first-order valence-corrected chi connectivity index (χ1v) is 7.39. The quantitative estimate of drug-likeness (QED) is 0.873. The lowest BCUT2D eigenvalue weighted by Crippen LogP contribution is -2.58. The molecular weight excluding hydrogens is 268 g/mol. The molecule has 5 nitrogen and oxygen atoms in total. The first-order chi connectivity index (χ1) is 10.2. The number of piperidine rings is 1. The standard InChI is InChI=1S/C16H20N2O3/c19-14-11-21-16(12-17-14)6-8-18(9-7-16)15(20)10-13-4-2-1-3-5-13/h1-5H,6-12H2,(H,17,19). The number of morpholine rings is 1. The largest absolute Gasteiger partial charge is 0.363 e. The molecule has 1 spiro atoms. The lowest BCUT2D eigenvalue weighted by atomic mass is 9.89. The first-order valence-electron chi connectivity index (χ1n) is 7.39. The van der Waals surface area contributed by atoms with Crippen LogP contribution in [0.25, 0.3) is 0 Å². The minimum Gasteiger partial charge on any atom is -0.363 e. The van der Waals surface area contributed by atoms with E-state index >= 15 is 0 Å². The van der Waals surface area contributed by atoms with E-state index in [2.05, 4.69) is 5.32 Å². The third kappa shape index (κ3) is 3.24. The van der Waals surface area contributed by atoms with Gasteiger partial charge >= 0.3 is 0 Å². The average molecular weight is 288 g/mol. The molecule has 5 heteroatoms. The number of nitrogens with one attached hydrogen (secondary N) is 1. The molecule has 2 fully saturated rings. The molecule has 2 amide bonds. The number of likely N-dealkylation sites (tertiary alicyclic amines) is 1. The van der Waals surface area contributed by atoms with Crippen LogP contribution in [0.3, 0.4) is 0 Å². The lowest BCUT2D eigenvalue weighted by Gasteiger charge is -2.43. The van der Waals surface area contributed by atoms with Gasteiger partial charge in [-0.2, -0.15) is 0 Å². The van der Waals surface area contributed by atoms with Crippen LogP contribution in [0, 0.1) is 0 Å². The number of hydrogen-bond donors (Lipinski definition) is 1. The summed E-state index contributed by atoms with van der Waals surface area (Å²) in [7, 11) is 0. The van der Waals surface area contributed by atoms with Crippen LogP contribution in [-0.2, 0) is 20.7 Å². The molecule has 0 aromatic heterocycles. The summed E-state index contributed by atoms with van der Waals surface area (Å²) in [6, 6.07) is 9.80. The number of amides is 2. The van der Waals surface area contributed by atoms with Crippen molar-refractivity contribution in [1.82, 2.24) is 10.2 Å². The summed E-state index contributed by atoms with van der Waals surface area (Å²) in [6.45, 7) is 2.09. The second-order valence-electron chi connectivity index (χ2n) is 5.79. The van der Waals surface area contributed by atoms with Crippen molar-refractivity contribution in [2.24, 2.45) is 0 Å². The van der Waals surface area contributed by atoms with Crippen molar-refractivity contribution in [3.63, 3.8) is 0 Å². The number of carbonyl (C=O) groups is 2. The summed E-state index contributed by atoms with van der Waals surface area (Å²) in [5, 5.41) is 2.86. The first kappa shape index (κ1) is 14.1. The van der Waals surface area contributed by atoms with Crippen molar-refractivity contribution in [3.05, 3.63) is 35.9 Å². The molecule has 1 N–H and O–H groups in total. The van der Waals surface area contributed by atoms with Gasteiger partial charge < -0.3 is 15.0 Å². The summed E-state index contributed by atoms with van der Waals surface area (Å²) < 4.78 is 5.72. The fraction of sp³-hybridized carbons (Fsp3) is 0.500. The van der Waals surface area contributed by atoms with Gasteiger partial charge in [0.1, 0.15) is 6.61 Å². The molecule has 2 aliphatic heterocycles. The van der Waals surface area contributed by atoms with Crippen LogP contribution in [0.4, 0.5) is 0 Å². The van der Waals surface area contributed by atoms with Gasteiger partial charge in [0.25, 0.3) is 0 Å². The van der Waals surface area contributed by atoms with Crippen LogP contribution in [0.15, 0.2) is 30.3 Å². The Kier molecular flexibility index (Phi) is 3.92. The molecule has 2 aliphatic rings. The Morgan fingerprint density at radius 1 is 1.24 bits per heavy atom. The maximum Gasteiger partial charge on any atom is 0.246 e. The van der Waals surface area contributed by atoms with Crippen molar-refractivity contribution in [2.75, 3.05) is 26.2 Å². The monoisotopic (exact) mass is 288 g/mol. The molecule has 2 saturated heterocycles. The molecule has 1 aromatic rings. The molecule has 0 aliphatic carbocycles. The van der Waals surface area contributed by atoms with Gasteiger partial charge in [0.05, 0.1) is 12.0 Å². The van der Waals surface area contributed by atoms with Crippen molar-refractivity contribution in [3.8, 4) is 0 Å². The van der Waals surface area contributed by atoms with Crippen LogP contribution < -0.4 is 5.32 Å². The third-order valence-electron chi connectivity index (χ3n) is 4.34. The molecule has 0 saturated carbocycles. The Bertz CT molecular complexity index is 510. The summed E-state index contributed by atoms with van der Waals surface area (Å²) in [6.07, 6.45) is 2.02. The zero-order chi connectivity index (χ0) is 14.7. The Morgan fingerprint density at radius 3 is 2.57 bits per heavy atom. The number of hydrogen-bond acceptors (Lipinski definition) is 3. The minimum absolute atomic E-state index is 0.0526. The van der Waals surface area contributed by atoms with Gasteiger partial charge in [0, 0.05) is 19.6 Å². The van der Waals surface area contributed by atoms with Gasteiger partial charge in [-0.15, -0.1) is 0 Å². The Hall–Kier alpha value is -1.88. The average Bonchev–Trinajstić information content (AvgIpc) is 2.52. The molecule has 0 radical (unpaired) electrons. The van der Waals surface area contributed by atoms with Gasteiger partial charge in [-0.25, -0.2) is 0 Å². The van der Waals surface area contributed by atoms with Crippen LogP contribution in [0.5, 0.6) is 0 Å². The van der Waals surface area contributed by atoms with Gasteiger partial charge in [0.15, 0.2) is 0 Å². The maximum atomic E-state index is 12.3. The fourth-order valence-corrected chi connectivity index (χ4v) is 2.95. The van der Waals surface area contributed by atoms with E-state index in [-0.39, 0.29) is 24.0 Å². The Labute approximate surface area is 124 Å². The van der Waals surface area contributed by atoms with E-state index in [1.165, 1.54) is 0 Å². The van der Waals surface area contributed by atoms with E-state index in [1.54, 1.807) is 0 Å². The number of carbonyl (C=O) groups excluding carboxylic acids is 2. The molecular formula is C16H20N2O3. The summed E-state index contributed by atoms with van der Waals surface area (Å²) >= 11 is 0. The summed E-state index contributed by atoms with van der Waals surface area (Å²) in [4.78, 5) is 25.4. The van der Waals surface area contributed by atoms with Gasteiger partial charge in [-0.05, 0) is 18.4 Å². The third-order valence-corrected chi connectivity index (χ3v) is 4.34. The molecule has 1 aromatic carbocycles. The van der Waals surface area contributed by atoms with E-state index in [0.717, 1.165) is 18.4 Å². The highest BCUT2D eigenvalue weighted by Crippen LogP contribution is 2.27. The molecule has 3 rings (SSSR count). The molecule has 0 unspecified atom stereocenters. The molecule has 112 valence electrons.